The summed E-state index contributed by atoms with van der Waals surface area (Å²) in [7, 11) is 3.50. The number of hydrogen-bond acceptors (Lipinski definition) is 3. The van der Waals surface area contributed by atoms with Crippen molar-refractivity contribution in [3.63, 3.8) is 0 Å². The van der Waals surface area contributed by atoms with Crippen LogP contribution in [0.3, 0.4) is 0 Å². The number of methoxy groups -OCH3 is 2. The van der Waals surface area contributed by atoms with E-state index in [4.69, 9.17) is 14.2 Å². The van der Waals surface area contributed by atoms with E-state index >= 15 is 0 Å². The van der Waals surface area contributed by atoms with E-state index in [2.05, 4.69) is 90.1 Å². The molecule has 0 heterocycles. The van der Waals surface area contributed by atoms with Crippen LogP contribution in [0.5, 0.6) is 0 Å². The molecule has 0 aliphatic rings. The van der Waals surface area contributed by atoms with Crippen molar-refractivity contribution in [2.24, 2.45) is 0 Å². The molecule has 172 valence electrons. The van der Waals surface area contributed by atoms with Crippen LogP contribution in [0.15, 0.2) is 48.5 Å². The van der Waals surface area contributed by atoms with E-state index in [0.717, 1.165) is 12.8 Å². The van der Waals surface area contributed by atoms with Gasteiger partial charge in [0.05, 0.1) is 25.4 Å². The first-order chi connectivity index (χ1) is 14.7. The molecule has 2 aromatic rings. The van der Waals surface area contributed by atoms with Crippen molar-refractivity contribution < 1.29 is 14.2 Å². The fourth-order valence-corrected chi connectivity index (χ4v) is 3.87. The van der Waals surface area contributed by atoms with Crippen LogP contribution in [-0.2, 0) is 25.0 Å². The standard InChI is InChI=1S/C28H42O3/c1-9-27(5,25-15-11-23(12-16-25)21(3)29-7)19-31-20-28(6,10-2)26-17-13-24(14-18-26)22(4)30-8/h11-18,21-22H,9-10,19-20H2,1-8H3. The summed E-state index contributed by atoms with van der Waals surface area (Å²) in [6.07, 6.45) is 2.28. The Hall–Kier alpha value is -1.68. The summed E-state index contributed by atoms with van der Waals surface area (Å²) >= 11 is 0. The van der Waals surface area contributed by atoms with Crippen LogP contribution in [0.4, 0.5) is 0 Å². The van der Waals surface area contributed by atoms with E-state index in [1.54, 1.807) is 14.2 Å². The minimum Gasteiger partial charge on any atom is -0.380 e. The highest BCUT2D eigenvalue weighted by atomic mass is 16.5. The van der Waals surface area contributed by atoms with Crippen molar-refractivity contribution in [2.45, 2.75) is 77.4 Å². The number of rotatable bonds is 12. The first-order valence-electron chi connectivity index (χ1n) is 11.6. The van der Waals surface area contributed by atoms with Gasteiger partial charge in [0.15, 0.2) is 0 Å². The predicted molar refractivity (Wildman–Crippen MR) is 130 cm³/mol. The fourth-order valence-electron chi connectivity index (χ4n) is 3.87. The van der Waals surface area contributed by atoms with Crippen LogP contribution in [-0.4, -0.2) is 27.4 Å². The van der Waals surface area contributed by atoms with E-state index in [1.807, 2.05) is 0 Å². The van der Waals surface area contributed by atoms with Gasteiger partial charge in [-0.1, -0.05) is 76.2 Å². The molecule has 0 radical (unpaired) electrons. The molecule has 3 nitrogen and oxygen atoms in total. The van der Waals surface area contributed by atoms with E-state index in [0.29, 0.717) is 13.2 Å². The Morgan fingerprint density at radius 3 is 1.23 bits per heavy atom. The SMILES string of the molecule is CCC(C)(COCC(C)(CC)c1ccc(C(C)OC)cc1)c1ccc(C(C)OC)cc1. The Kier molecular flexibility index (Phi) is 9.29. The van der Waals surface area contributed by atoms with Gasteiger partial charge in [0.1, 0.15) is 0 Å². The molecule has 0 aliphatic heterocycles. The minimum absolute atomic E-state index is 0.0127. The zero-order valence-corrected chi connectivity index (χ0v) is 20.8. The quantitative estimate of drug-likeness (QED) is 0.360. The molecule has 3 heteroatoms. The summed E-state index contributed by atoms with van der Waals surface area (Å²) in [5, 5.41) is 0. The normalized spacial score (nSPS) is 17.5. The molecular formula is C28H42O3. The second kappa shape index (κ2) is 11.3. The van der Waals surface area contributed by atoms with Crippen LogP contribution in [0.2, 0.25) is 0 Å². The maximum atomic E-state index is 6.40. The summed E-state index contributed by atoms with van der Waals surface area (Å²) in [5.74, 6) is 0. The lowest BCUT2D eigenvalue weighted by Crippen LogP contribution is -2.33. The van der Waals surface area contributed by atoms with Gasteiger partial charge in [-0.2, -0.15) is 0 Å². The van der Waals surface area contributed by atoms with Crippen molar-refractivity contribution in [3.05, 3.63) is 70.8 Å². The molecule has 0 saturated heterocycles. The van der Waals surface area contributed by atoms with Crippen molar-refractivity contribution in [2.75, 3.05) is 27.4 Å². The zero-order valence-electron chi connectivity index (χ0n) is 20.8. The van der Waals surface area contributed by atoms with Crippen molar-refractivity contribution in [3.8, 4) is 0 Å². The first-order valence-corrected chi connectivity index (χ1v) is 11.6. The van der Waals surface area contributed by atoms with Gasteiger partial charge in [-0.05, 0) is 48.9 Å². The molecule has 4 unspecified atom stereocenters. The number of benzene rings is 2. The zero-order chi connectivity index (χ0) is 23.1. The van der Waals surface area contributed by atoms with Gasteiger partial charge in [-0.15, -0.1) is 0 Å². The van der Waals surface area contributed by atoms with Crippen molar-refractivity contribution in [1.29, 1.82) is 0 Å². The molecule has 2 aromatic carbocycles. The third-order valence-corrected chi connectivity index (χ3v) is 7.26. The summed E-state index contributed by atoms with van der Waals surface area (Å²) in [4.78, 5) is 0. The molecule has 0 aliphatic carbocycles. The van der Waals surface area contributed by atoms with Crippen LogP contribution >= 0.6 is 0 Å². The smallest absolute Gasteiger partial charge is 0.0793 e. The van der Waals surface area contributed by atoms with Crippen LogP contribution < -0.4 is 0 Å². The highest BCUT2D eigenvalue weighted by Crippen LogP contribution is 2.33. The Morgan fingerprint density at radius 1 is 0.645 bits per heavy atom. The van der Waals surface area contributed by atoms with E-state index < -0.39 is 0 Å². The van der Waals surface area contributed by atoms with Gasteiger partial charge in [0.25, 0.3) is 0 Å². The molecular weight excluding hydrogens is 384 g/mol. The topological polar surface area (TPSA) is 27.7 Å². The second-order valence-electron chi connectivity index (χ2n) is 9.32. The van der Waals surface area contributed by atoms with Gasteiger partial charge >= 0.3 is 0 Å². The molecule has 31 heavy (non-hydrogen) atoms. The average molecular weight is 427 g/mol. The monoisotopic (exact) mass is 426 g/mol. The third-order valence-electron chi connectivity index (χ3n) is 7.26. The molecule has 0 saturated carbocycles. The lowest BCUT2D eigenvalue weighted by atomic mass is 9.79. The predicted octanol–water partition coefficient (Wildman–Crippen LogP) is 7.15. The van der Waals surface area contributed by atoms with Gasteiger partial charge in [0.2, 0.25) is 0 Å². The molecule has 4 atom stereocenters. The molecule has 0 bridgehead atoms. The molecule has 0 amide bonds. The molecule has 2 rings (SSSR count). The van der Waals surface area contributed by atoms with Crippen molar-refractivity contribution >= 4 is 0 Å². The Balaban J connectivity index is 2.08. The van der Waals surface area contributed by atoms with Gasteiger partial charge in [-0.25, -0.2) is 0 Å². The van der Waals surface area contributed by atoms with Crippen LogP contribution in [0.1, 0.15) is 88.8 Å². The van der Waals surface area contributed by atoms with Gasteiger partial charge in [-0.3, -0.25) is 0 Å². The fraction of sp³-hybridized carbons (Fsp3) is 0.571. The number of ether oxygens (including phenoxy) is 3. The third kappa shape index (κ3) is 6.19. The summed E-state index contributed by atoms with van der Waals surface area (Å²) in [6.45, 7) is 14.6. The van der Waals surface area contributed by atoms with Crippen LogP contribution in [0, 0.1) is 0 Å². The first kappa shape index (κ1) is 25.6. The largest absolute Gasteiger partial charge is 0.380 e. The molecule has 0 spiro atoms. The lowest BCUT2D eigenvalue weighted by Gasteiger charge is -2.33. The Labute approximate surface area is 190 Å². The minimum atomic E-state index is -0.0127. The van der Waals surface area contributed by atoms with Crippen molar-refractivity contribution in [1.82, 2.24) is 0 Å². The Bertz CT molecular complexity index is 715. The lowest BCUT2D eigenvalue weighted by molar-refractivity contribution is 0.0510. The molecule has 0 aromatic heterocycles. The van der Waals surface area contributed by atoms with E-state index in [-0.39, 0.29) is 23.0 Å². The maximum absolute atomic E-state index is 6.40. The van der Waals surface area contributed by atoms with Gasteiger partial charge < -0.3 is 14.2 Å². The highest BCUT2D eigenvalue weighted by molar-refractivity contribution is 5.31. The van der Waals surface area contributed by atoms with Gasteiger partial charge in [0, 0.05) is 25.0 Å². The maximum Gasteiger partial charge on any atom is 0.0793 e. The molecule has 0 fully saturated rings. The van der Waals surface area contributed by atoms with Crippen LogP contribution in [0.25, 0.3) is 0 Å². The summed E-state index contributed by atoms with van der Waals surface area (Å²) in [5.41, 5.74) is 5.02. The highest BCUT2D eigenvalue weighted by Gasteiger charge is 2.29. The average Bonchev–Trinajstić information content (AvgIpc) is 2.82. The summed E-state index contributed by atoms with van der Waals surface area (Å²) in [6, 6.07) is 17.6. The number of hydrogen-bond donors (Lipinski definition) is 0. The summed E-state index contributed by atoms with van der Waals surface area (Å²) < 4.78 is 17.3. The second-order valence-corrected chi connectivity index (χ2v) is 9.32. The van der Waals surface area contributed by atoms with E-state index in [1.165, 1.54) is 22.3 Å². The van der Waals surface area contributed by atoms with E-state index in [9.17, 15) is 0 Å². The molecule has 0 N–H and O–H groups in total. The Morgan fingerprint density at radius 2 is 0.968 bits per heavy atom.